The predicted octanol–water partition coefficient (Wildman–Crippen LogP) is 2.81. The molecule has 1 aromatic carbocycles. The highest BCUT2D eigenvalue weighted by Gasteiger charge is 2.23. The lowest BCUT2D eigenvalue weighted by Crippen LogP contribution is -2.26. The van der Waals surface area contributed by atoms with Crippen molar-refractivity contribution in [3.8, 4) is 5.75 Å². The Hall–Kier alpha value is -1.09. The van der Waals surface area contributed by atoms with Crippen LogP contribution in [0.4, 0.5) is 4.39 Å². The molecular formula is C14H20FNO. The Bertz CT molecular complexity index is 339. The summed E-state index contributed by atoms with van der Waals surface area (Å²) in [6, 6.07) is 8.15. The van der Waals surface area contributed by atoms with Crippen LogP contribution in [0.5, 0.6) is 5.75 Å². The van der Waals surface area contributed by atoms with Gasteiger partial charge in [0, 0.05) is 19.6 Å². The molecule has 0 spiro atoms. The van der Waals surface area contributed by atoms with Crippen molar-refractivity contribution in [2.45, 2.75) is 25.9 Å². The molecule has 1 heterocycles. The summed E-state index contributed by atoms with van der Waals surface area (Å²) >= 11 is 0. The van der Waals surface area contributed by atoms with E-state index in [9.17, 15) is 4.39 Å². The Morgan fingerprint density at radius 1 is 1.35 bits per heavy atom. The van der Waals surface area contributed by atoms with Gasteiger partial charge in [-0.05, 0) is 31.9 Å². The minimum atomic E-state index is -0.222. The normalized spacial score (nSPS) is 20.7. The fraction of sp³-hybridized carbons (Fsp3) is 0.571. The van der Waals surface area contributed by atoms with Gasteiger partial charge in [-0.15, -0.1) is 0 Å². The van der Waals surface area contributed by atoms with E-state index >= 15 is 0 Å². The van der Waals surface area contributed by atoms with E-state index in [1.54, 1.807) is 0 Å². The van der Waals surface area contributed by atoms with Crippen LogP contribution in [0.25, 0.3) is 0 Å². The molecule has 0 radical (unpaired) electrons. The van der Waals surface area contributed by atoms with Crippen molar-refractivity contribution in [2.24, 2.45) is 0 Å². The number of alkyl halides is 1. The van der Waals surface area contributed by atoms with Crippen molar-refractivity contribution in [3.63, 3.8) is 0 Å². The second-order valence-corrected chi connectivity index (χ2v) is 4.68. The number of hydrogen-bond acceptors (Lipinski definition) is 2. The van der Waals surface area contributed by atoms with Crippen molar-refractivity contribution in [1.82, 2.24) is 4.90 Å². The number of rotatable bonds is 5. The first-order valence-corrected chi connectivity index (χ1v) is 6.29. The maximum absolute atomic E-state index is 12.1. The smallest absolute Gasteiger partial charge is 0.119 e. The summed E-state index contributed by atoms with van der Waals surface area (Å²) in [4.78, 5) is 2.28. The van der Waals surface area contributed by atoms with Gasteiger partial charge >= 0.3 is 0 Å². The van der Waals surface area contributed by atoms with Crippen molar-refractivity contribution < 1.29 is 9.13 Å². The molecule has 0 N–H and O–H groups in total. The number of nitrogens with zero attached hydrogens (tertiary/aromatic N) is 1. The van der Waals surface area contributed by atoms with Gasteiger partial charge in [0.1, 0.15) is 11.9 Å². The van der Waals surface area contributed by atoms with E-state index in [1.165, 1.54) is 5.56 Å². The summed E-state index contributed by atoms with van der Waals surface area (Å²) in [5.41, 5.74) is 1.24. The van der Waals surface area contributed by atoms with Crippen LogP contribution in [0.3, 0.4) is 0 Å². The molecule has 1 saturated heterocycles. The van der Waals surface area contributed by atoms with Crippen molar-refractivity contribution in [3.05, 3.63) is 29.8 Å². The minimum Gasteiger partial charge on any atom is -0.489 e. The molecule has 94 valence electrons. The highest BCUT2D eigenvalue weighted by molar-refractivity contribution is 5.26. The SMILES string of the molecule is Cc1ccc(O[C@H]2CCN(CCCF)C2)cc1. The average Bonchev–Trinajstić information content (AvgIpc) is 2.77. The highest BCUT2D eigenvalue weighted by Crippen LogP contribution is 2.18. The Labute approximate surface area is 102 Å². The summed E-state index contributed by atoms with van der Waals surface area (Å²) in [6.07, 6.45) is 1.94. The molecule has 2 rings (SSSR count). The third-order valence-electron chi connectivity index (χ3n) is 3.16. The van der Waals surface area contributed by atoms with Crippen LogP contribution in [0.1, 0.15) is 18.4 Å². The first kappa shape index (κ1) is 12.4. The Balaban J connectivity index is 1.79. The molecule has 1 atom stereocenters. The summed E-state index contributed by atoms with van der Waals surface area (Å²) in [7, 11) is 0. The standard InChI is InChI=1S/C14H20FNO/c1-12-3-5-13(6-4-12)17-14-7-10-16(11-14)9-2-8-15/h3-6,14H,2,7-11H2,1H3/t14-/m0/s1. The molecule has 1 aromatic rings. The van der Waals surface area contributed by atoms with E-state index in [-0.39, 0.29) is 12.8 Å². The summed E-state index contributed by atoms with van der Waals surface area (Å²) in [5, 5.41) is 0. The van der Waals surface area contributed by atoms with E-state index in [0.717, 1.165) is 31.8 Å². The molecular weight excluding hydrogens is 217 g/mol. The number of aryl methyl sites for hydroxylation is 1. The van der Waals surface area contributed by atoms with E-state index in [4.69, 9.17) is 4.74 Å². The van der Waals surface area contributed by atoms with E-state index in [0.29, 0.717) is 6.42 Å². The van der Waals surface area contributed by atoms with Gasteiger partial charge in [0.15, 0.2) is 0 Å². The van der Waals surface area contributed by atoms with E-state index in [2.05, 4.69) is 24.0 Å². The van der Waals surface area contributed by atoms with Crippen molar-refractivity contribution in [2.75, 3.05) is 26.3 Å². The van der Waals surface area contributed by atoms with E-state index < -0.39 is 0 Å². The Morgan fingerprint density at radius 3 is 2.82 bits per heavy atom. The number of likely N-dealkylation sites (tertiary alicyclic amines) is 1. The van der Waals surface area contributed by atoms with Crippen LogP contribution in [0.2, 0.25) is 0 Å². The molecule has 0 saturated carbocycles. The summed E-state index contributed by atoms with van der Waals surface area (Å²) in [5.74, 6) is 0.938. The van der Waals surface area contributed by atoms with Gasteiger partial charge in [-0.2, -0.15) is 0 Å². The van der Waals surface area contributed by atoms with Crippen LogP contribution in [-0.2, 0) is 0 Å². The molecule has 3 heteroatoms. The van der Waals surface area contributed by atoms with Crippen LogP contribution in [-0.4, -0.2) is 37.3 Å². The number of halogens is 1. The molecule has 0 aromatic heterocycles. The van der Waals surface area contributed by atoms with Crippen LogP contribution >= 0.6 is 0 Å². The first-order valence-electron chi connectivity index (χ1n) is 6.29. The zero-order chi connectivity index (χ0) is 12.1. The van der Waals surface area contributed by atoms with Gasteiger partial charge in [0.25, 0.3) is 0 Å². The van der Waals surface area contributed by atoms with Crippen LogP contribution in [0.15, 0.2) is 24.3 Å². The maximum Gasteiger partial charge on any atom is 0.119 e. The molecule has 0 amide bonds. The van der Waals surface area contributed by atoms with Crippen LogP contribution in [0, 0.1) is 6.92 Å². The van der Waals surface area contributed by atoms with Gasteiger partial charge < -0.3 is 4.74 Å². The fourth-order valence-electron chi connectivity index (χ4n) is 2.19. The van der Waals surface area contributed by atoms with Crippen molar-refractivity contribution in [1.29, 1.82) is 0 Å². The minimum absolute atomic E-state index is 0.222. The molecule has 0 aliphatic carbocycles. The monoisotopic (exact) mass is 237 g/mol. The number of benzene rings is 1. The first-order chi connectivity index (χ1) is 8.28. The highest BCUT2D eigenvalue weighted by atomic mass is 19.1. The molecule has 0 bridgehead atoms. The molecule has 0 unspecified atom stereocenters. The third-order valence-corrected chi connectivity index (χ3v) is 3.16. The second kappa shape index (κ2) is 6.01. The molecule has 1 fully saturated rings. The lowest BCUT2D eigenvalue weighted by Gasteiger charge is -2.16. The van der Waals surface area contributed by atoms with Gasteiger partial charge in [0.2, 0.25) is 0 Å². The predicted molar refractivity (Wildman–Crippen MR) is 67.2 cm³/mol. The summed E-state index contributed by atoms with van der Waals surface area (Å²) in [6.45, 7) is 4.65. The Morgan fingerprint density at radius 2 is 2.12 bits per heavy atom. The Kier molecular flexibility index (Phi) is 4.37. The third kappa shape index (κ3) is 3.70. The van der Waals surface area contributed by atoms with E-state index in [1.807, 2.05) is 12.1 Å². The molecule has 17 heavy (non-hydrogen) atoms. The second-order valence-electron chi connectivity index (χ2n) is 4.68. The van der Waals surface area contributed by atoms with Gasteiger partial charge in [-0.3, -0.25) is 9.29 Å². The van der Waals surface area contributed by atoms with Gasteiger partial charge in [-0.1, -0.05) is 17.7 Å². The largest absolute Gasteiger partial charge is 0.489 e. The lowest BCUT2D eigenvalue weighted by molar-refractivity contribution is 0.198. The van der Waals surface area contributed by atoms with Gasteiger partial charge in [-0.25, -0.2) is 0 Å². The molecule has 1 aliphatic rings. The summed E-state index contributed by atoms with van der Waals surface area (Å²) < 4.78 is 18.0. The number of hydrogen-bond donors (Lipinski definition) is 0. The zero-order valence-electron chi connectivity index (χ0n) is 10.4. The quantitative estimate of drug-likeness (QED) is 0.780. The topological polar surface area (TPSA) is 12.5 Å². The molecule has 2 nitrogen and oxygen atoms in total. The van der Waals surface area contributed by atoms with Gasteiger partial charge in [0.05, 0.1) is 6.67 Å². The lowest BCUT2D eigenvalue weighted by atomic mass is 10.2. The average molecular weight is 237 g/mol. The fourth-order valence-corrected chi connectivity index (χ4v) is 2.19. The molecule has 1 aliphatic heterocycles. The van der Waals surface area contributed by atoms with Crippen molar-refractivity contribution >= 4 is 0 Å². The number of ether oxygens (including phenoxy) is 1. The zero-order valence-corrected chi connectivity index (χ0v) is 10.4. The van der Waals surface area contributed by atoms with Crippen LogP contribution < -0.4 is 4.74 Å². The maximum atomic E-state index is 12.1.